The van der Waals surface area contributed by atoms with Crippen molar-refractivity contribution in [3.05, 3.63) is 27.9 Å². The molecule has 0 radical (unpaired) electrons. The van der Waals surface area contributed by atoms with Crippen LogP contribution in [0.15, 0.2) is 11.0 Å². The van der Waals surface area contributed by atoms with Gasteiger partial charge in [0.1, 0.15) is 11.4 Å². The first-order chi connectivity index (χ1) is 7.69. The van der Waals surface area contributed by atoms with E-state index in [-0.39, 0.29) is 5.56 Å². The number of aromatic nitrogens is 2. The molecule has 1 aromatic rings. The first-order valence-electron chi connectivity index (χ1n) is 4.84. The number of aryl methyl sites for hydroxylation is 1. The third kappa shape index (κ3) is 3.37. The van der Waals surface area contributed by atoms with Gasteiger partial charge in [0.25, 0.3) is 5.56 Å². The molecule has 6 heteroatoms. The summed E-state index contributed by atoms with van der Waals surface area (Å²) in [6, 6.07) is 0. The summed E-state index contributed by atoms with van der Waals surface area (Å²) in [5.74, 6) is 0.957. The average molecular weight is 242 g/mol. The highest BCUT2D eigenvalue weighted by molar-refractivity contribution is 7.98. The largest absolute Gasteiger partial charge is 0.465 e. The standard InChI is InChI=1S/C10H14N2O3S/c1-15-10(14)7-6-11-8(12-9(7)13)4-3-5-16-2/h6H,3-5H2,1-2H3,(H,11,12,13). The van der Waals surface area contributed by atoms with Gasteiger partial charge in [0.2, 0.25) is 0 Å². The van der Waals surface area contributed by atoms with E-state index in [0.717, 1.165) is 12.2 Å². The lowest BCUT2D eigenvalue weighted by molar-refractivity contribution is 0.0598. The van der Waals surface area contributed by atoms with Crippen molar-refractivity contribution >= 4 is 17.7 Å². The molecule has 0 aliphatic heterocycles. The van der Waals surface area contributed by atoms with Gasteiger partial charge in [-0.2, -0.15) is 11.8 Å². The predicted octanol–water partition coefficient (Wildman–Crippen LogP) is 0.852. The molecule has 1 heterocycles. The van der Waals surface area contributed by atoms with Gasteiger partial charge in [-0.25, -0.2) is 9.78 Å². The number of H-pyrrole nitrogens is 1. The molecule has 0 bridgehead atoms. The van der Waals surface area contributed by atoms with Crippen molar-refractivity contribution in [2.24, 2.45) is 0 Å². The summed E-state index contributed by atoms with van der Waals surface area (Å²) in [6.07, 6.45) is 4.94. The Labute approximate surface area is 97.6 Å². The predicted molar refractivity (Wildman–Crippen MR) is 62.9 cm³/mol. The number of aromatic amines is 1. The fraction of sp³-hybridized carbons (Fsp3) is 0.500. The number of hydrogen-bond acceptors (Lipinski definition) is 5. The third-order valence-corrected chi connectivity index (χ3v) is 2.72. The van der Waals surface area contributed by atoms with Crippen molar-refractivity contribution in [3.63, 3.8) is 0 Å². The fourth-order valence-electron chi connectivity index (χ4n) is 1.20. The molecule has 0 saturated carbocycles. The van der Waals surface area contributed by atoms with Crippen molar-refractivity contribution in [1.29, 1.82) is 0 Å². The second-order valence-corrected chi connectivity index (χ2v) is 4.15. The molecule has 0 saturated heterocycles. The number of ether oxygens (including phenoxy) is 1. The molecule has 0 fully saturated rings. The molecule has 5 nitrogen and oxygen atoms in total. The van der Waals surface area contributed by atoms with Crippen LogP contribution in [-0.2, 0) is 11.2 Å². The SMILES string of the molecule is COC(=O)c1cnc(CCCSC)[nH]c1=O. The van der Waals surface area contributed by atoms with Crippen LogP contribution < -0.4 is 5.56 Å². The zero-order valence-electron chi connectivity index (χ0n) is 9.28. The van der Waals surface area contributed by atoms with Crippen LogP contribution >= 0.6 is 11.8 Å². The smallest absolute Gasteiger partial charge is 0.345 e. The minimum absolute atomic E-state index is 0.0592. The molecule has 0 aliphatic carbocycles. The molecule has 0 unspecified atom stereocenters. The lowest BCUT2D eigenvalue weighted by atomic mass is 10.3. The zero-order valence-corrected chi connectivity index (χ0v) is 10.1. The van der Waals surface area contributed by atoms with Crippen LogP contribution in [-0.4, -0.2) is 35.1 Å². The molecule has 0 amide bonds. The summed E-state index contributed by atoms with van der Waals surface area (Å²) in [7, 11) is 1.23. The second kappa shape index (κ2) is 6.32. The van der Waals surface area contributed by atoms with E-state index < -0.39 is 11.5 Å². The molecule has 0 spiro atoms. The van der Waals surface area contributed by atoms with Gasteiger partial charge in [0.05, 0.1) is 7.11 Å². The van der Waals surface area contributed by atoms with E-state index in [9.17, 15) is 9.59 Å². The number of carbonyl (C=O) groups is 1. The summed E-state index contributed by atoms with van der Waals surface area (Å²) in [4.78, 5) is 29.2. The van der Waals surface area contributed by atoms with E-state index in [0.29, 0.717) is 12.2 Å². The molecule has 1 aromatic heterocycles. The monoisotopic (exact) mass is 242 g/mol. The molecule has 0 aliphatic rings. The van der Waals surface area contributed by atoms with E-state index in [1.807, 2.05) is 6.26 Å². The summed E-state index contributed by atoms with van der Waals surface area (Å²) in [5, 5.41) is 0. The Bertz CT molecular complexity index is 417. The number of rotatable bonds is 5. The van der Waals surface area contributed by atoms with Crippen LogP contribution in [0.4, 0.5) is 0 Å². The van der Waals surface area contributed by atoms with Crippen molar-refractivity contribution in [2.75, 3.05) is 19.1 Å². The Morgan fingerprint density at radius 2 is 2.38 bits per heavy atom. The normalized spacial score (nSPS) is 10.1. The summed E-state index contributed by atoms with van der Waals surface area (Å²) >= 11 is 1.74. The number of methoxy groups -OCH3 is 1. The number of hydrogen-bond donors (Lipinski definition) is 1. The Hall–Kier alpha value is -1.30. The Kier molecular flexibility index (Phi) is 5.04. The van der Waals surface area contributed by atoms with Gasteiger partial charge < -0.3 is 9.72 Å². The van der Waals surface area contributed by atoms with Gasteiger partial charge in [-0.05, 0) is 18.4 Å². The molecule has 1 N–H and O–H groups in total. The highest BCUT2D eigenvalue weighted by atomic mass is 32.2. The number of nitrogens with zero attached hydrogens (tertiary/aromatic N) is 1. The Morgan fingerprint density at radius 1 is 1.62 bits per heavy atom. The Morgan fingerprint density at radius 3 is 2.94 bits per heavy atom. The lowest BCUT2D eigenvalue weighted by Gasteiger charge is -2.01. The van der Waals surface area contributed by atoms with Crippen molar-refractivity contribution in [1.82, 2.24) is 9.97 Å². The molecule has 0 atom stereocenters. The van der Waals surface area contributed by atoms with Crippen molar-refractivity contribution < 1.29 is 9.53 Å². The molecule has 16 heavy (non-hydrogen) atoms. The van der Waals surface area contributed by atoms with Gasteiger partial charge in [0, 0.05) is 12.6 Å². The van der Waals surface area contributed by atoms with Crippen LogP contribution in [0.5, 0.6) is 0 Å². The van der Waals surface area contributed by atoms with E-state index in [1.54, 1.807) is 11.8 Å². The quantitative estimate of drug-likeness (QED) is 0.612. The van der Waals surface area contributed by atoms with Gasteiger partial charge in [-0.15, -0.1) is 0 Å². The van der Waals surface area contributed by atoms with E-state index in [2.05, 4.69) is 14.7 Å². The van der Waals surface area contributed by atoms with Crippen LogP contribution in [0.25, 0.3) is 0 Å². The number of carbonyl (C=O) groups excluding carboxylic acids is 1. The first-order valence-corrected chi connectivity index (χ1v) is 6.24. The van der Waals surface area contributed by atoms with E-state index in [1.165, 1.54) is 13.3 Å². The topological polar surface area (TPSA) is 72.0 Å². The maximum atomic E-state index is 11.5. The van der Waals surface area contributed by atoms with Crippen LogP contribution in [0.1, 0.15) is 22.6 Å². The van der Waals surface area contributed by atoms with Crippen LogP contribution in [0, 0.1) is 0 Å². The number of thioether (sulfide) groups is 1. The molecular formula is C10H14N2O3S. The van der Waals surface area contributed by atoms with Crippen LogP contribution in [0.3, 0.4) is 0 Å². The fourth-order valence-corrected chi connectivity index (χ4v) is 1.63. The molecule has 1 rings (SSSR count). The average Bonchev–Trinajstić information content (AvgIpc) is 2.29. The summed E-state index contributed by atoms with van der Waals surface area (Å²) < 4.78 is 4.45. The second-order valence-electron chi connectivity index (χ2n) is 3.16. The van der Waals surface area contributed by atoms with Gasteiger partial charge in [0.15, 0.2) is 0 Å². The highest BCUT2D eigenvalue weighted by Crippen LogP contribution is 2.00. The number of nitrogens with one attached hydrogen (secondary N) is 1. The van der Waals surface area contributed by atoms with Gasteiger partial charge in [-0.3, -0.25) is 4.79 Å². The zero-order chi connectivity index (χ0) is 12.0. The Balaban J connectivity index is 2.75. The van der Waals surface area contributed by atoms with Gasteiger partial charge >= 0.3 is 5.97 Å². The van der Waals surface area contributed by atoms with E-state index >= 15 is 0 Å². The van der Waals surface area contributed by atoms with Crippen molar-refractivity contribution in [3.8, 4) is 0 Å². The molecule has 88 valence electrons. The number of esters is 1. The molecular weight excluding hydrogens is 228 g/mol. The van der Waals surface area contributed by atoms with Gasteiger partial charge in [-0.1, -0.05) is 0 Å². The highest BCUT2D eigenvalue weighted by Gasteiger charge is 2.11. The summed E-state index contributed by atoms with van der Waals surface area (Å²) in [6.45, 7) is 0. The minimum atomic E-state index is -0.663. The van der Waals surface area contributed by atoms with Crippen LogP contribution in [0.2, 0.25) is 0 Å². The van der Waals surface area contributed by atoms with E-state index in [4.69, 9.17) is 0 Å². The first kappa shape index (κ1) is 12.8. The minimum Gasteiger partial charge on any atom is -0.465 e. The maximum Gasteiger partial charge on any atom is 0.345 e. The summed E-state index contributed by atoms with van der Waals surface area (Å²) in [5.41, 5.74) is -0.503. The molecule has 0 aromatic carbocycles. The van der Waals surface area contributed by atoms with Crippen molar-refractivity contribution in [2.45, 2.75) is 12.8 Å². The third-order valence-electron chi connectivity index (χ3n) is 2.02. The lowest BCUT2D eigenvalue weighted by Crippen LogP contribution is -2.21. The maximum absolute atomic E-state index is 11.5.